The van der Waals surface area contributed by atoms with Gasteiger partial charge in [-0.05, 0) is 55.0 Å². The minimum Gasteiger partial charge on any atom is -0.497 e. The fourth-order valence-electron chi connectivity index (χ4n) is 3.91. The van der Waals surface area contributed by atoms with Crippen LogP contribution < -0.4 is 24.2 Å². The summed E-state index contributed by atoms with van der Waals surface area (Å²) in [5, 5.41) is 3.49. The molecular formula is C25H25N5O7S. The van der Waals surface area contributed by atoms with Crippen LogP contribution >= 0.6 is 0 Å². The van der Waals surface area contributed by atoms with Crippen molar-refractivity contribution in [1.82, 2.24) is 14.5 Å². The molecule has 13 heteroatoms. The number of nitrogens with zero attached hydrogens (tertiary/aromatic N) is 3. The Morgan fingerprint density at radius 3 is 2.37 bits per heavy atom. The number of rotatable bonds is 10. The van der Waals surface area contributed by atoms with Gasteiger partial charge in [0.25, 0.3) is 10.0 Å². The summed E-state index contributed by atoms with van der Waals surface area (Å²) in [6, 6.07) is 12.2. The van der Waals surface area contributed by atoms with Crippen LogP contribution in [0.2, 0.25) is 0 Å². The van der Waals surface area contributed by atoms with Crippen LogP contribution in [0, 0.1) is 6.92 Å². The number of benzene rings is 2. The van der Waals surface area contributed by atoms with Gasteiger partial charge in [-0.3, -0.25) is 18.9 Å². The van der Waals surface area contributed by atoms with Crippen LogP contribution in [0.15, 0.2) is 53.4 Å². The summed E-state index contributed by atoms with van der Waals surface area (Å²) in [5.74, 6) is 0.353. The molecule has 0 saturated carbocycles. The molecule has 198 valence electrons. The molecule has 0 aliphatic carbocycles. The molecule has 1 amide bonds. The zero-order valence-corrected chi connectivity index (χ0v) is 21.8. The number of hydrogen-bond donors (Lipinski definition) is 2. The lowest BCUT2D eigenvalue weighted by Gasteiger charge is -2.10. The number of fused-ring (bicyclic) bond motifs is 1. The summed E-state index contributed by atoms with van der Waals surface area (Å²) in [5.41, 5.74) is 2.39. The first-order valence-electron chi connectivity index (χ1n) is 11.2. The Balaban J connectivity index is 1.50. The highest BCUT2D eigenvalue weighted by Crippen LogP contribution is 2.29. The number of nitrogens with one attached hydrogen (secondary N) is 2. The predicted molar refractivity (Wildman–Crippen MR) is 140 cm³/mol. The second-order valence-corrected chi connectivity index (χ2v) is 9.74. The highest BCUT2D eigenvalue weighted by atomic mass is 32.2. The molecule has 38 heavy (non-hydrogen) atoms. The van der Waals surface area contributed by atoms with E-state index < -0.39 is 10.0 Å². The zero-order chi connectivity index (χ0) is 27.4. The first kappa shape index (κ1) is 26.4. The minimum absolute atomic E-state index is 0.00464. The van der Waals surface area contributed by atoms with Crippen LogP contribution in [-0.2, 0) is 26.0 Å². The number of amides is 1. The van der Waals surface area contributed by atoms with Crippen molar-refractivity contribution in [3.05, 3.63) is 59.8 Å². The van der Waals surface area contributed by atoms with Gasteiger partial charge in [-0.2, -0.15) is 9.97 Å². The summed E-state index contributed by atoms with van der Waals surface area (Å²) in [6.07, 6.45) is 0.696. The molecular weight excluding hydrogens is 514 g/mol. The van der Waals surface area contributed by atoms with Crippen LogP contribution in [0.1, 0.15) is 11.3 Å². The second-order valence-electron chi connectivity index (χ2n) is 8.06. The van der Waals surface area contributed by atoms with Crippen molar-refractivity contribution in [3.63, 3.8) is 0 Å². The van der Waals surface area contributed by atoms with E-state index in [0.717, 1.165) is 5.39 Å². The smallest absolute Gasteiger partial charge is 0.321 e. The Kier molecular flexibility index (Phi) is 7.48. The molecule has 2 aromatic heterocycles. The molecule has 0 aliphatic heterocycles. The molecule has 0 atom stereocenters. The van der Waals surface area contributed by atoms with E-state index in [9.17, 15) is 18.0 Å². The SMILES string of the molecule is COc1ccc2c(c1)c(CC(=O)Nc1ccc(S(=O)(=O)Nc3cc(OC)nc(OC)n3)cc1)c(C)n2C=O. The first-order chi connectivity index (χ1) is 18.2. The van der Waals surface area contributed by atoms with Crippen LogP contribution in [0.5, 0.6) is 17.6 Å². The zero-order valence-electron chi connectivity index (χ0n) is 21.0. The lowest BCUT2D eigenvalue weighted by Crippen LogP contribution is -2.16. The summed E-state index contributed by atoms with van der Waals surface area (Å²) >= 11 is 0. The van der Waals surface area contributed by atoms with E-state index in [1.54, 1.807) is 25.1 Å². The van der Waals surface area contributed by atoms with Crippen molar-refractivity contribution in [2.75, 3.05) is 31.4 Å². The first-order valence-corrected chi connectivity index (χ1v) is 12.7. The number of aromatic nitrogens is 3. The van der Waals surface area contributed by atoms with Crippen LogP contribution in [0.3, 0.4) is 0 Å². The maximum Gasteiger partial charge on any atom is 0.321 e. The number of anilines is 2. The number of hydrogen-bond acceptors (Lipinski definition) is 9. The van der Waals surface area contributed by atoms with Crippen molar-refractivity contribution in [1.29, 1.82) is 0 Å². The third-order valence-electron chi connectivity index (χ3n) is 5.79. The van der Waals surface area contributed by atoms with E-state index in [1.807, 2.05) is 0 Å². The monoisotopic (exact) mass is 539 g/mol. The fourth-order valence-corrected chi connectivity index (χ4v) is 4.90. The van der Waals surface area contributed by atoms with Crippen molar-refractivity contribution < 1.29 is 32.2 Å². The second kappa shape index (κ2) is 10.8. The molecule has 2 N–H and O–H groups in total. The number of carbonyl (C=O) groups is 2. The largest absolute Gasteiger partial charge is 0.497 e. The molecule has 4 rings (SSSR count). The molecule has 0 radical (unpaired) electrons. The van der Waals surface area contributed by atoms with Gasteiger partial charge in [0, 0.05) is 22.8 Å². The molecule has 0 spiro atoms. The van der Waals surface area contributed by atoms with Gasteiger partial charge in [0.2, 0.25) is 18.2 Å². The van der Waals surface area contributed by atoms with E-state index in [0.29, 0.717) is 34.6 Å². The lowest BCUT2D eigenvalue weighted by molar-refractivity contribution is -0.115. The van der Waals surface area contributed by atoms with Gasteiger partial charge in [0.1, 0.15) is 5.75 Å². The number of sulfonamides is 1. The van der Waals surface area contributed by atoms with Gasteiger partial charge in [-0.25, -0.2) is 8.42 Å². The van der Waals surface area contributed by atoms with E-state index >= 15 is 0 Å². The summed E-state index contributed by atoms with van der Waals surface area (Å²) in [4.78, 5) is 32.3. The van der Waals surface area contributed by atoms with E-state index in [4.69, 9.17) is 14.2 Å². The van der Waals surface area contributed by atoms with Crippen LogP contribution in [0.4, 0.5) is 11.5 Å². The Labute approximate surface area is 218 Å². The van der Waals surface area contributed by atoms with Crippen molar-refractivity contribution in [2.45, 2.75) is 18.2 Å². The molecule has 0 bridgehead atoms. The normalized spacial score (nSPS) is 11.2. The Hall–Kier alpha value is -4.65. The van der Waals surface area contributed by atoms with E-state index in [1.165, 1.54) is 56.2 Å². The molecule has 0 unspecified atom stereocenters. The molecule has 2 aromatic carbocycles. The maximum atomic E-state index is 12.9. The molecule has 4 aromatic rings. The molecule has 2 heterocycles. The predicted octanol–water partition coefficient (Wildman–Crippen LogP) is 2.79. The maximum absolute atomic E-state index is 12.9. The van der Waals surface area contributed by atoms with Crippen molar-refractivity contribution in [3.8, 4) is 17.6 Å². The van der Waals surface area contributed by atoms with Crippen molar-refractivity contribution in [2.24, 2.45) is 0 Å². The van der Waals surface area contributed by atoms with Gasteiger partial charge >= 0.3 is 6.01 Å². The van der Waals surface area contributed by atoms with Crippen molar-refractivity contribution >= 4 is 44.7 Å². The number of carbonyl (C=O) groups excluding carboxylic acids is 2. The highest BCUT2D eigenvalue weighted by molar-refractivity contribution is 7.92. The average molecular weight is 540 g/mol. The van der Waals surface area contributed by atoms with Gasteiger partial charge in [-0.15, -0.1) is 0 Å². The van der Waals surface area contributed by atoms with Gasteiger partial charge < -0.3 is 19.5 Å². The van der Waals surface area contributed by atoms with E-state index in [-0.39, 0.29) is 34.9 Å². The Morgan fingerprint density at radius 1 is 1.00 bits per heavy atom. The van der Waals surface area contributed by atoms with E-state index in [2.05, 4.69) is 20.0 Å². The topological polar surface area (TPSA) is 151 Å². The Morgan fingerprint density at radius 2 is 1.74 bits per heavy atom. The van der Waals surface area contributed by atoms with Gasteiger partial charge in [-0.1, -0.05) is 0 Å². The fraction of sp³-hybridized carbons (Fsp3) is 0.200. The summed E-state index contributed by atoms with van der Waals surface area (Å²) in [7, 11) is 0.260. The lowest BCUT2D eigenvalue weighted by atomic mass is 10.1. The number of methoxy groups -OCH3 is 3. The van der Waals surface area contributed by atoms with Gasteiger partial charge in [0.15, 0.2) is 5.82 Å². The number of ether oxygens (including phenoxy) is 3. The molecule has 0 fully saturated rings. The minimum atomic E-state index is -4.01. The molecule has 0 aliphatic rings. The molecule has 0 saturated heterocycles. The van der Waals surface area contributed by atoms with Crippen LogP contribution in [-0.4, -0.2) is 56.6 Å². The van der Waals surface area contributed by atoms with Crippen LogP contribution in [0.25, 0.3) is 10.9 Å². The highest BCUT2D eigenvalue weighted by Gasteiger charge is 2.19. The third-order valence-corrected chi connectivity index (χ3v) is 7.16. The molecule has 12 nitrogen and oxygen atoms in total. The Bertz CT molecular complexity index is 1590. The quantitative estimate of drug-likeness (QED) is 0.290. The third kappa shape index (κ3) is 5.37. The summed E-state index contributed by atoms with van der Waals surface area (Å²) in [6.45, 7) is 1.76. The van der Waals surface area contributed by atoms with Gasteiger partial charge in [0.05, 0.1) is 38.2 Å². The standard InChI is InChI=1S/C25H25N5O7S/c1-15-19(20-11-17(35-2)7-10-21(20)30(15)14-31)12-23(32)26-16-5-8-18(9-6-16)38(33,34)29-22-13-24(36-3)28-25(27-22)37-4/h5-11,13-14H,12H2,1-4H3,(H,26,32)(H,27,28,29). The average Bonchev–Trinajstić information content (AvgIpc) is 3.17. The summed E-state index contributed by atoms with van der Waals surface area (Å²) < 4.78 is 44.8.